The van der Waals surface area contributed by atoms with Gasteiger partial charge >= 0.3 is 0 Å². The molecule has 4 aromatic heterocycles. The first-order valence-electron chi connectivity index (χ1n) is 8.71. The summed E-state index contributed by atoms with van der Waals surface area (Å²) in [6.45, 7) is 2.11. The topological polar surface area (TPSA) is 56.0 Å². The number of pyridine rings is 2. The molecule has 5 heteroatoms. The summed E-state index contributed by atoms with van der Waals surface area (Å²) < 4.78 is 2.14. The smallest absolute Gasteiger partial charge is 0.146 e. The molecular formula is C21H17N5. The summed E-state index contributed by atoms with van der Waals surface area (Å²) in [6, 6.07) is 14.0. The largest absolute Gasteiger partial charge is 0.303 e. The van der Waals surface area contributed by atoms with Crippen LogP contribution < -0.4 is 0 Å². The molecule has 0 fully saturated rings. The summed E-state index contributed by atoms with van der Waals surface area (Å²) in [4.78, 5) is 18.5. The lowest BCUT2D eigenvalue weighted by atomic mass is 10.1. The normalized spacial score (nSPS) is 11.6. The van der Waals surface area contributed by atoms with Crippen molar-refractivity contribution < 1.29 is 0 Å². The Morgan fingerprint density at radius 1 is 0.846 bits per heavy atom. The van der Waals surface area contributed by atoms with Crippen molar-refractivity contribution in [1.82, 2.24) is 24.3 Å². The van der Waals surface area contributed by atoms with Crippen molar-refractivity contribution in [2.75, 3.05) is 0 Å². The molecule has 5 aromatic rings. The average molecular weight is 339 g/mol. The molecule has 0 amide bonds. The standard InChI is InChI=1S/C21H17N5/c1-14-17(9-8-15-13-23-19-6-2-3-7-20(19)24-15)25-21-16-5-4-11-22-18(16)10-12-26(14)21/h2-7,10-13H,8-9H2,1H3. The first kappa shape index (κ1) is 15.0. The molecule has 0 atom stereocenters. The molecule has 4 heterocycles. The fourth-order valence-electron chi connectivity index (χ4n) is 3.42. The summed E-state index contributed by atoms with van der Waals surface area (Å²) in [5.41, 5.74) is 7.06. The van der Waals surface area contributed by atoms with E-state index in [1.165, 1.54) is 5.69 Å². The monoisotopic (exact) mass is 339 g/mol. The summed E-state index contributed by atoms with van der Waals surface area (Å²) in [5, 5.41) is 1.08. The SMILES string of the molecule is Cc1c(CCc2cnc3ccccc3n2)nc2c3cccnc3ccn12. The zero-order valence-corrected chi connectivity index (χ0v) is 14.4. The van der Waals surface area contributed by atoms with E-state index in [0.29, 0.717) is 0 Å². The molecule has 0 N–H and O–H groups in total. The highest BCUT2D eigenvalue weighted by atomic mass is 15.0. The van der Waals surface area contributed by atoms with Gasteiger partial charge in [-0.1, -0.05) is 12.1 Å². The van der Waals surface area contributed by atoms with Crippen LogP contribution in [0.1, 0.15) is 17.1 Å². The van der Waals surface area contributed by atoms with Crippen LogP contribution in [-0.2, 0) is 12.8 Å². The Morgan fingerprint density at radius 3 is 2.65 bits per heavy atom. The molecule has 0 spiro atoms. The van der Waals surface area contributed by atoms with Gasteiger partial charge in [0.15, 0.2) is 0 Å². The molecule has 0 bridgehead atoms. The maximum Gasteiger partial charge on any atom is 0.146 e. The second kappa shape index (κ2) is 5.88. The Morgan fingerprint density at radius 2 is 1.73 bits per heavy atom. The van der Waals surface area contributed by atoms with Crippen LogP contribution in [0.2, 0.25) is 0 Å². The van der Waals surface area contributed by atoms with Crippen molar-refractivity contribution >= 4 is 27.6 Å². The summed E-state index contributed by atoms with van der Waals surface area (Å²) in [7, 11) is 0. The minimum atomic E-state index is 0.818. The first-order valence-corrected chi connectivity index (χ1v) is 8.71. The Bertz CT molecular complexity index is 1260. The average Bonchev–Trinajstić information content (AvgIpc) is 3.02. The first-order chi connectivity index (χ1) is 12.8. The number of nitrogens with zero attached hydrogens (tertiary/aromatic N) is 5. The zero-order valence-electron chi connectivity index (χ0n) is 14.4. The van der Waals surface area contributed by atoms with Crippen molar-refractivity contribution in [3.05, 3.63) is 78.1 Å². The Kier molecular flexibility index (Phi) is 3.38. The van der Waals surface area contributed by atoms with Gasteiger partial charge in [0.05, 0.1) is 27.9 Å². The van der Waals surface area contributed by atoms with Crippen LogP contribution in [0.3, 0.4) is 0 Å². The van der Waals surface area contributed by atoms with Crippen LogP contribution in [0.25, 0.3) is 27.6 Å². The molecule has 0 aliphatic rings. The van der Waals surface area contributed by atoms with E-state index in [9.17, 15) is 0 Å². The van der Waals surface area contributed by atoms with Gasteiger partial charge in [-0.05, 0) is 50.1 Å². The van der Waals surface area contributed by atoms with E-state index in [-0.39, 0.29) is 0 Å². The van der Waals surface area contributed by atoms with Crippen LogP contribution in [0, 0.1) is 6.92 Å². The lowest BCUT2D eigenvalue weighted by Gasteiger charge is -2.02. The minimum absolute atomic E-state index is 0.818. The highest BCUT2D eigenvalue weighted by Gasteiger charge is 2.12. The lowest BCUT2D eigenvalue weighted by molar-refractivity contribution is 0.877. The molecule has 1 aromatic carbocycles. The second-order valence-electron chi connectivity index (χ2n) is 6.44. The van der Waals surface area contributed by atoms with Crippen molar-refractivity contribution in [2.45, 2.75) is 19.8 Å². The van der Waals surface area contributed by atoms with Crippen molar-refractivity contribution in [2.24, 2.45) is 0 Å². The molecule has 5 rings (SSSR count). The van der Waals surface area contributed by atoms with Gasteiger partial charge in [-0.2, -0.15) is 0 Å². The van der Waals surface area contributed by atoms with E-state index in [2.05, 4.69) is 27.4 Å². The fourth-order valence-corrected chi connectivity index (χ4v) is 3.42. The summed E-state index contributed by atoms with van der Waals surface area (Å²) in [5.74, 6) is 0. The van der Waals surface area contributed by atoms with E-state index in [0.717, 1.165) is 51.8 Å². The van der Waals surface area contributed by atoms with Crippen molar-refractivity contribution in [1.29, 1.82) is 0 Å². The fraction of sp³-hybridized carbons (Fsp3) is 0.143. The number of imidazole rings is 1. The molecule has 5 nitrogen and oxygen atoms in total. The predicted octanol–water partition coefficient (Wildman–Crippen LogP) is 3.92. The molecule has 0 saturated carbocycles. The minimum Gasteiger partial charge on any atom is -0.303 e. The van der Waals surface area contributed by atoms with Crippen LogP contribution in [-0.4, -0.2) is 24.3 Å². The maximum atomic E-state index is 4.89. The van der Waals surface area contributed by atoms with Crippen LogP contribution in [0.5, 0.6) is 0 Å². The Balaban J connectivity index is 1.50. The lowest BCUT2D eigenvalue weighted by Crippen LogP contribution is -1.98. The van der Waals surface area contributed by atoms with Gasteiger partial charge < -0.3 is 4.40 Å². The number of benzene rings is 1. The van der Waals surface area contributed by atoms with Crippen molar-refractivity contribution in [3.63, 3.8) is 0 Å². The van der Waals surface area contributed by atoms with Crippen molar-refractivity contribution in [3.8, 4) is 0 Å². The summed E-state index contributed by atoms with van der Waals surface area (Å²) >= 11 is 0. The van der Waals surface area contributed by atoms with Gasteiger partial charge in [0.1, 0.15) is 5.65 Å². The van der Waals surface area contributed by atoms with E-state index >= 15 is 0 Å². The molecule has 26 heavy (non-hydrogen) atoms. The number of hydrogen-bond acceptors (Lipinski definition) is 4. The number of fused-ring (bicyclic) bond motifs is 4. The maximum absolute atomic E-state index is 4.89. The Labute approximate surface area is 150 Å². The van der Waals surface area contributed by atoms with Gasteiger partial charge in [-0.15, -0.1) is 0 Å². The second-order valence-corrected chi connectivity index (χ2v) is 6.44. The quantitative estimate of drug-likeness (QED) is 0.500. The van der Waals surface area contributed by atoms with E-state index in [1.54, 1.807) is 0 Å². The third kappa shape index (κ3) is 2.40. The molecule has 0 aliphatic carbocycles. The molecule has 0 unspecified atom stereocenters. The molecule has 0 aliphatic heterocycles. The van der Waals surface area contributed by atoms with Gasteiger partial charge in [0.25, 0.3) is 0 Å². The number of hydrogen-bond donors (Lipinski definition) is 0. The summed E-state index contributed by atoms with van der Waals surface area (Å²) in [6.07, 6.45) is 7.38. The van der Waals surface area contributed by atoms with E-state index < -0.39 is 0 Å². The van der Waals surface area contributed by atoms with Crippen LogP contribution >= 0.6 is 0 Å². The molecule has 0 radical (unpaired) electrons. The van der Waals surface area contributed by atoms with Gasteiger partial charge in [0.2, 0.25) is 0 Å². The predicted molar refractivity (Wildman–Crippen MR) is 102 cm³/mol. The third-order valence-electron chi connectivity index (χ3n) is 4.83. The van der Waals surface area contributed by atoms with Gasteiger partial charge in [-0.3, -0.25) is 9.97 Å². The van der Waals surface area contributed by atoms with E-state index in [1.807, 2.05) is 55.0 Å². The third-order valence-corrected chi connectivity index (χ3v) is 4.83. The molecule has 126 valence electrons. The number of aryl methyl sites for hydroxylation is 3. The zero-order chi connectivity index (χ0) is 17.5. The van der Waals surface area contributed by atoms with E-state index in [4.69, 9.17) is 9.97 Å². The molecular weight excluding hydrogens is 322 g/mol. The van der Waals surface area contributed by atoms with Gasteiger partial charge in [0, 0.05) is 29.7 Å². The number of aromatic nitrogens is 5. The van der Waals surface area contributed by atoms with Crippen LogP contribution in [0.15, 0.2) is 61.1 Å². The molecule has 0 saturated heterocycles. The van der Waals surface area contributed by atoms with Gasteiger partial charge in [-0.25, -0.2) is 9.97 Å². The Hall–Kier alpha value is -3.34. The number of para-hydroxylation sites is 2. The number of rotatable bonds is 3. The highest BCUT2D eigenvalue weighted by molar-refractivity contribution is 5.91. The van der Waals surface area contributed by atoms with Crippen LogP contribution in [0.4, 0.5) is 0 Å². The highest BCUT2D eigenvalue weighted by Crippen LogP contribution is 2.21.